The number of hydrogen-bond acceptors (Lipinski definition) is 5. The lowest BCUT2D eigenvalue weighted by molar-refractivity contribution is -0.141. The number of anilines is 1. The van der Waals surface area contributed by atoms with Crippen LogP contribution in [0.15, 0.2) is 58.3 Å². The third kappa shape index (κ3) is 3.71. The first-order valence-electron chi connectivity index (χ1n) is 12.1. The summed E-state index contributed by atoms with van der Waals surface area (Å²) in [5.41, 5.74) is 2.10. The van der Waals surface area contributed by atoms with Crippen molar-refractivity contribution in [1.82, 2.24) is 24.4 Å². The zero-order valence-electron chi connectivity index (χ0n) is 20.5. The van der Waals surface area contributed by atoms with Gasteiger partial charge in [0.05, 0.1) is 17.3 Å². The molecule has 1 aromatic carbocycles. The first-order valence-corrected chi connectivity index (χ1v) is 12.1. The van der Waals surface area contributed by atoms with Crippen LogP contribution in [0.1, 0.15) is 54.7 Å². The standard InChI is InChI=1S/C26H25F3N6O2/c1-14-11-20(37-32-14)18-9-6-10-34(18)25(36)23-15(2)30-22-13-21(26(27,28)29)31-35(22)24(23)19-12-16-7-4-5-8-17(16)33(19)3/h4-5,7-8,11-13,18,24,30H,6,9-10H2,1-3H3/t18-,24-/m0/s1. The van der Waals surface area contributed by atoms with Crippen LogP contribution in [0.25, 0.3) is 10.9 Å². The van der Waals surface area contributed by atoms with E-state index in [2.05, 4.69) is 15.6 Å². The van der Waals surface area contributed by atoms with Gasteiger partial charge in [0, 0.05) is 42.6 Å². The van der Waals surface area contributed by atoms with E-state index in [-0.39, 0.29) is 17.8 Å². The minimum Gasteiger partial charge on any atom is -0.359 e. The third-order valence-electron chi connectivity index (χ3n) is 7.25. The second-order valence-electron chi connectivity index (χ2n) is 9.64. The summed E-state index contributed by atoms with van der Waals surface area (Å²) in [4.78, 5) is 15.9. The molecule has 1 fully saturated rings. The zero-order chi connectivity index (χ0) is 26.1. The van der Waals surface area contributed by atoms with Crippen LogP contribution in [0.4, 0.5) is 19.0 Å². The van der Waals surface area contributed by atoms with E-state index in [0.29, 0.717) is 35.7 Å². The fourth-order valence-electron chi connectivity index (χ4n) is 5.53. The maximum atomic E-state index is 14.2. The Labute approximate surface area is 210 Å². The summed E-state index contributed by atoms with van der Waals surface area (Å²) >= 11 is 0. The van der Waals surface area contributed by atoms with Gasteiger partial charge in [-0.15, -0.1) is 0 Å². The van der Waals surface area contributed by atoms with Gasteiger partial charge in [-0.3, -0.25) is 4.79 Å². The second kappa shape index (κ2) is 8.25. The van der Waals surface area contributed by atoms with Gasteiger partial charge in [-0.1, -0.05) is 23.4 Å². The fraction of sp³-hybridized carbons (Fsp3) is 0.346. The molecule has 11 heteroatoms. The molecule has 0 unspecified atom stereocenters. The van der Waals surface area contributed by atoms with Gasteiger partial charge in [0.15, 0.2) is 11.5 Å². The number of nitrogens with one attached hydrogen (secondary N) is 1. The van der Waals surface area contributed by atoms with Crippen molar-refractivity contribution in [3.05, 3.63) is 76.6 Å². The van der Waals surface area contributed by atoms with Gasteiger partial charge < -0.3 is 19.3 Å². The molecule has 1 saturated heterocycles. The molecule has 2 atom stereocenters. The predicted octanol–water partition coefficient (Wildman–Crippen LogP) is 5.34. The first kappa shape index (κ1) is 23.4. The number of carbonyl (C=O) groups excluding carboxylic acids is 1. The molecule has 3 aromatic heterocycles. The van der Waals surface area contributed by atoms with E-state index < -0.39 is 17.9 Å². The van der Waals surface area contributed by atoms with Crippen molar-refractivity contribution >= 4 is 22.6 Å². The van der Waals surface area contributed by atoms with E-state index >= 15 is 0 Å². The van der Waals surface area contributed by atoms with Gasteiger partial charge in [0.2, 0.25) is 0 Å². The summed E-state index contributed by atoms with van der Waals surface area (Å²) in [6.45, 7) is 4.04. The SMILES string of the molecule is CC1=C(C(=O)N2CCC[C@H]2c2cc(C)no2)[C@H](c2cc3ccccc3n2C)n2nc(C(F)(F)F)cc2N1. The molecule has 0 radical (unpaired) electrons. The number of nitrogens with zero attached hydrogens (tertiary/aromatic N) is 5. The van der Waals surface area contributed by atoms with Crippen LogP contribution in [0.3, 0.4) is 0 Å². The van der Waals surface area contributed by atoms with Gasteiger partial charge in [-0.05, 0) is 44.2 Å². The number of para-hydroxylation sites is 1. The lowest BCUT2D eigenvalue weighted by Gasteiger charge is -2.33. The molecule has 4 aromatic rings. The Morgan fingerprint density at radius 2 is 1.95 bits per heavy atom. The van der Waals surface area contributed by atoms with Gasteiger partial charge in [-0.25, -0.2) is 4.68 Å². The molecule has 0 bridgehead atoms. The minimum atomic E-state index is -4.63. The molecule has 2 aliphatic heterocycles. The van der Waals surface area contributed by atoms with Crippen LogP contribution in [-0.4, -0.2) is 36.9 Å². The molecule has 1 N–H and O–H groups in total. The monoisotopic (exact) mass is 510 g/mol. The number of halogens is 3. The number of aryl methyl sites for hydroxylation is 2. The third-order valence-corrected chi connectivity index (χ3v) is 7.25. The van der Waals surface area contributed by atoms with Crippen molar-refractivity contribution in [2.45, 2.75) is 44.9 Å². The molecular formula is C26H25F3N6O2. The maximum Gasteiger partial charge on any atom is 0.435 e. The van der Waals surface area contributed by atoms with Gasteiger partial charge in [0.1, 0.15) is 11.9 Å². The fourth-order valence-corrected chi connectivity index (χ4v) is 5.53. The lowest BCUT2D eigenvalue weighted by atomic mass is 9.97. The Morgan fingerprint density at radius 1 is 1.16 bits per heavy atom. The van der Waals surface area contributed by atoms with E-state index in [1.54, 1.807) is 11.8 Å². The van der Waals surface area contributed by atoms with Crippen molar-refractivity contribution in [1.29, 1.82) is 0 Å². The molecule has 0 saturated carbocycles. The average molecular weight is 511 g/mol. The highest BCUT2D eigenvalue weighted by molar-refractivity contribution is 5.97. The van der Waals surface area contributed by atoms with Crippen LogP contribution in [-0.2, 0) is 18.0 Å². The van der Waals surface area contributed by atoms with Crippen LogP contribution in [0.2, 0.25) is 0 Å². The Morgan fingerprint density at radius 3 is 2.65 bits per heavy atom. The molecule has 0 aliphatic carbocycles. The molecule has 2 aliphatic rings. The van der Waals surface area contributed by atoms with Crippen molar-refractivity contribution < 1.29 is 22.5 Å². The number of benzene rings is 1. The number of carbonyl (C=O) groups is 1. The predicted molar refractivity (Wildman–Crippen MR) is 130 cm³/mol. The second-order valence-corrected chi connectivity index (χ2v) is 9.64. The number of amides is 1. The van der Waals surface area contributed by atoms with E-state index in [1.165, 1.54) is 4.68 Å². The van der Waals surface area contributed by atoms with Crippen LogP contribution >= 0.6 is 0 Å². The molecule has 37 heavy (non-hydrogen) atoms. The van der Waals surface area contributed by atoms with Crippen molar-refractivity contribution in [3.8, 4) is 0 Å². The number of likely N-dealkylation sites (tertiary alicyclic amines) is 1. The highest BCUT2D eigenvalue weighted by atomic mass is 19.4. The number of aromatic nitrogens is 4. The number of rotatable bonds is 3. The normalized spacial score (nSPS) is 20.0. The highest BCUT2D eigenvalue weighted by Crippen LogP contribution is 2.43. The molecule has 8 nitrogen and oxygen atoms in total. The van der Waals surface area contributed by atoms with Crippen LogP contribution in [0, 0.1) is 6.92 Å². The lowest BCUT2D eigenvalue weighted by Crippen LogP contribution is -2.38. The number of fused-ring (bicyclic) bond motifs is 2. The Kier molecular flexibility index (Phi) is 5.22. The minimum absolute atomic E-state index is 0.181. The highest BCUT2D eigenvalue weighted by Gasteiger charge is 2.43. The largest absolute Gasteiger partial charge is 0.435 e. The van der Waals surface area contributed by atoms with Crippen molar-refractivity contribution in [2.75, 3.05) is 11.9 Å². The van der Waals surface area contributed by atoms with Crippen molar-refractivity contribution in [3.63, 3.8) is 0 Å². The summed E-state index contributed by atoms with van der Waals surface area (Å²) in [5, 5.41) is 11.8. The molecule has 192 valence electrons. The average Bonchev–Trinajstić information content (AvgIpc) is 3.63. The zero-order valence-corrected chi connectivity index (χ0v) is 20.5. The summed E-state index contributed by atoms with van der Waals surface area (Å²) in [6, 6.07) is 11.2. The quantitative estimate of drug-likeness (QED) is 0.402. The van der Waals surface area contributed by atoms with Crippen LogP contribution < -0.4 is 5.32 Å². The number of alkyl halides is 3. The smallest absolute Gasteiger partial charge is 0.359 e. The molecule has 6 rings (SSSR count). The van der Waals surface area contributed by atoms with E-state index in [0.717, 1.165) is 29.1 Å². The van der Waals surface area contributed by atoms with Gasteiger partial charge >= 0.3 is 6.18 Å². The summed E-state index contributed by atoms with van der Waals surface area (Å²) in [6.07, 6.45) is -3.14. The maximum absolute atomic E-state index is 14.2. The van der Waals surface area contributed by atoms with E-state index in [1.807, 2.05) is 54.9 Å². The number of hydrogen-bond donors (Lipinski definition) is 1. The first-order chi connectivity index (χ1) is 17.6. The van der Waals surface area contributed by atoms with E-state index in [9.17, 15) is 18.0 Å². The molecule has 0 spiro atoms. The number of allylic oxidation sites excluding steroid dienone is 1. The summed E-state index contributed by atoms with van der Waals surface area (Å²) < 4.78 is 49.7. The van der Waals surface area contributed by atoms with Crippen LogP contribution in [0.5, 0.6) is 0 Å². The molecule has 1 amide bonds. The Hall–Kier alpha value is -4.02. The molecule has 5 heterocycles. The topological polar surface area (TPSA) is 81.1 Å². The van der Waals surface area contributed by atoms with E-state index in [4.69, 9.17) is 4.52 Å². The molecular weight excluding hydrogens is 485 g/mol. The Bertz CT molecular complexity index is 1560. The van der Waals surface area contributed by atoms with Gasteiger partial charge in [0.25, 0.3) is 5.91 Å². The van der Waals surface area contributed by atoms with Gasteiger partial charge in [-0.2, -0.15) is 18.3 Å². The van der Waals surface area contributed by atoms with Crippen molar-refractivity contribution in [2.24, 2.45) is 7.05 Å². The summed E-state index contributed by atoms with van der Waals surface area (Å²) in [5.74, 6) is 0.512. The Balaban J connectivity index is 1.51. The summed E-state index contributed by atoms with van der Waals surface area (Å²) in [7, 11) is 1.85.